The van der Waals surface area contributed by atoms with E-state index in [9.17, 15) is 0 Å². The van der Waals surface area contributed by atoms with Gasteiger partial charge in [0.15, 0.2) is 0 Å². The summed E-state index contributed by atoms with van der Waals surface area (Å²) in [5, 5.41) is 7.38. The molecule has 6 heteroatoms. The van der Waals surface area contributed by atoms with Crippen LogP contribution >= 0.6 is 0 Å². The Labute approximate surface area is 263 Å². The van der Waals surface area contributed by atoms with Gasteiger partial charge in [-0.3, -0.25) is 0 Å². The monoisotopic (exact) mass is 612 g/mol. The number of hydrazone groups is 1. The van der Waals surface area contributed by atoms with Crippen molar-refractivity contribution in [3.63, 3.8) is 0 Å². The Kier molecular flexibility index (Phi) is 8.73. The predicted octanol–water partition coefficient (Wildman–Crippen LogP) is 8.14. The third-order valence-electron chi connectivity index (χ3n) is 9.35. The standard InChI is InChI=1S/C37H40N2O3.Cr/c1-26-17-22-31(37(2,3)28-12-7-5-8-13-28)34(24-26)42-25-32-35(33-16-11-23-41-33)36(27-18-20-30(40-4)21-19-27)38-39(32)29-14-9-6-10-15-29;/h5-16,18-21,23,26,31-32,34-35H,17,22,24H2,1-4H3;/t26-,31-,32-,34-,35+;/m1./s1. The zero-order chi connectivity index (χ0) is 30.0. The number of rotatable bonds is 9. The first kappa shape index (κ1) is 29.6. The van der Waals surface area contributed by atoms with Gasteiger partial charge in [0.05, 0.1) is 0 Å². The first-order chi connectivity index (χ1) is 20.9. The number of furan rings is 1. The number of hydrogen-bond donors (Lipinski definition) is 0. The summed E-state index contributed by atoms with van der Waals surface area (Å²) in [4.78, 5) is 0. The molecule has 6 rings (SSSR count). The fourth-order valence-electron chi connectivity index (χ4n) is 6.91. The van der Waals surface area contributed by atoms with E-state index in [1.807, 2.05) is 30.3 Å². The number of anilines is 1. The summed E-state index contributed by atoms with van der Waals surface area (Å²) in [5.74, 6) is 2.45. The van der Waals surface area contributed by atoms with Crippen molar-refractivity contribution in [3.05, 3.63) is 120 Å². The van der Waals surface area contributed by atoms with Gasteiger partial charge in [-0.2, -0.15) is 0 Å². The quantitative estimate of drug-likeness (QED) is 0.192. The van der Waals surface area contributed by atoms with E-state index in [0.717, 1.165) is 45.9 Å². The Morgan fingerprint density at radius 1 is 0.907 bits per heavy atom. The van der Waals surface area contributed by atoms with E-state index in [4.69, 9.17) is 19.0 Å². The normalized spacial score (nSPS) is 24.0. The number of nitrogens with zero attached hydrogens (tertiary/aromatic N) is 2. The first-order valence-electron chi connectivity index (χ1n) is 15.2. The molecule has 3 aromatic carbocycles. The molecule has 0 unspecified atom stereocenters. The van der Waals surface area contributed by atoms with Crippen LogP contribution in [0.15, 0.2) is 113 Å². The number of benzene rings is 3. The molecule has 2 aliphatic rings. The van der Waals surface area contributed by atoms with Crippen LogP contribution in [0.1, 0.15) is 62.8 Å². The molecule has 0 bridgehead atoms. The molecule has 1 saturated carbocycles. The molecular formula is C37H40CrN2O3. The van der Waals surface area contributed by atoms with Crippen LogP contribution in [-0.2, 0) is 26.0 Å². The van der Waals surface area contributed by atoms with E-state index in [1.165, 1.54) is 12.0 Å². The average molecular weight is 613 g/mol. The molecule has 1 aliphatic heterocycles. The molecule has 43 heavy (non-hydrogen) atoms. The molecule has 0 spiro atoms. The predicted molar refractivity (Wildman–Crippen MR) is 170 cm³/mol. The van der Waals surface area contributed by atoms with Gasteiger partial charge < -0.3 is 0 Å². The summed E-state index contributed by atoms with van der Waals surface area (Å²) in [6, 6.07) is 33.1. The maximum atomic E-state index is 7.15. The van der Waals surface area contributed by atoms with Crippen LogP contribution in [-0.4, -0.2) is 29.5 Å². The van der Waals surface area contributed by atoms with Crippen LogP contribution in [0.5, 0.6) is 5.75 Å². The summed E-state index contributed by atoms with van der Waals surface area (Å²) >= 11 is 3.39. The van der Waals surface area contributed by atoms with Crippen molar-refractivity contribution in [2.75, 3.05) is 12.1 Å². The second kappa shape index (κ2) is 12.7. The minimum absolute atomic E-state index is 0.0354. The summed E-state index contributed by atoms with van der Waals surface area (Å²) in [6.45, 7) is 7.10. The molecule has 1 aliphatic carbocycles. The van der Waals surface area contributed by atoms with Gasteiger partial charge in [0.1, 0.15) is 0 Å². The fraction of sp³-hybridized carbons (Fsp3) is 0.351. The maximum absolute atomic E-state index is 7.15. The number of methoxy groups -OCH3 is 1. The van der Waals surface area contributed by atoms with Gasteiger partial charge in [0.2, 0.25) is 0 Å². The van der Waals surface area contributed by atoms with Crippen LogP contribution in [0.25, 0.3) is 0 Å². The van der Waals surface area contributed by atoms with Crippen LogP contribution < -0.4 is 9.75 Å². The minimum atomic E-state index is -0.233. The molecule has 222 valence electrons. The van der Waals surface area contributed by atoms with Crippen molar-refractivity contribution in [2.24, 2.45) is 16.9 Å². The Morgan fingerprint density at radius 3 is 2.26 bits per heavy atom. The molecule has 2 heterocycles. The Balaban J connectivity index is 1.38. The van der Waals surface area contributed by atoms with Crippen molar-refractivity contribution in [1.82, 2.24) is 0 Å². The first-order valence-corrected chi connectivity index (χ1v) is 15.9. The van der Waals surface area contributed by atoms with E-state index in [2.05, 4.69) is 108 Å². The summed E-state index contributed by atoms with van der Waals surface area (Å²) in [5.41, 5.74) is 4.28. The molecule has 0 N–H and O–H groups in total. The van der Waals surface area contributed by atoms with Crippen LogP contribution in [0.3, 0.4) is 0 Å². The van der Waals surface area contributed by atoms with Crippen molar-refractivity contribution in [1.29, 1.82) is 0 Å². The molecule has 5 atom stereocenters. The Bertz CT molecular complexity index is 1530. The molecule has 5 nitrogen and oxygen atoms in total. The van der Waals surface area contributed by atoms with E-state index in [1.54, 1.807) is 13.4 Å². The van der Waals surface area contributed by atoms with Crippen molar-refractivity contribution in [2.45, 2.75) is 63.5 Å². The SMILES string of the molecule is COc1ccc(C2=NN(c3ccccc3)[C@H]([C](=[Cr])O[C@@H]3C[C@H](C)CC[C@H]3C(C)(C)c3ccccc3)[C@H]2c2ccco2)cc1. The van der Waals surface area contributed by atoms with E-state index in [-0.39, 0.29) is 23.5 Å². The Morgan fingerprint density at radius 2 is 1.60 bits per heavy atom. The molecule has 1 fully saturated rings. The van der Waals surface area contributed by atoms with Gasteiger partial charge in [-0.05, 0) is 0 Å². The second-order valence-corrected chi connectivity index (χ2v) is 13.0. The molecule has 0 radical (unpaired) electrons. The van der Waals surface area contributed by atoms with Gasteiger partial charge >= 0.3 is 264 Å². The van der Waals surface area contributed by atoms with Crippen molar-refractivity contribution < 1.29 is 29.7 Å². The molecule has 0 amide bonds. The zero-order valence-electron chi connectivity index (χ0n) is 25.4. The van der Waals surface area contributed by atoms with E-state index >= 15 is 0 Å². The number of hydrogen-bond acceptors (Lipinski definition) is 5. The third kappa shape index (κ3) is 6.02. The van der Waals surface area contributed by atoms with E-state index < -0.39 is 0 Å². The van der Waals surface area contributed by atoms with Gasteiger partial charge in [-0.15, -0.1) is 0 Å². The van der Waals surface area contributed by atoms with Crippen LogP contribution in [0.4, 0.5) is 5.69 Å². The third-order valence-corrected chi connectivity index (χ3v) is 9.88. The van der Waals surface area contributed by atoms with E-state index in [0.29, 0.717) is 11.8 Å². The van der Waals surface area contributed by atoms with Gasteiger partial charge in [0.25, 0.3) is 0 Å². The fourth-order valence-corrected chi connectivity index (χ4v) is 7.47. The van der Waals surface area contributed by atoms with Crippen molar-refractivity contribution in [3.8, 4) is 5.75 Å². The number of ether oxygens (including phenoxy) is 2. The van der Waals surface area contributed by atoms with Gasteiger partial charge in [0, 0.05) is 0 Å². The summed E-state index contributed by atoms with van der Waals surface area (Å²) in [7, 11) is 1.69. The summed E-state index contributed by atoms with van der Waals surface area (Å²) < 4.78 is 19.5. The molecular weight excluding hydrogens is 572 g/mol. The van der Waals surface area contributed by atoms with Crippen molar-refractivity contribution >= 4 is 16.0 Å². The zero-order valence-corrected chi connectivity index (χ0v) is 26.6. The number of para-hydroxylation sites is 1. The molecule has 4 aromatic rings. The Hall–Kier alpha value is -3.43. The van der Waals surface area contributed by atoms with Gasteiger partial charge in [-0.25, -0.2) is 0 Å². The molecule has 1 aromatic heterocycles. The van der Waals surface area contributed by atoms with Gasteiger partial charge in [-0.1, -0.05) is 0 Å². The van der Waals surface area contributed by atoms with Crippen LogP contribution in [0, 0.1) is 11.8 Å². The topological polar surface area (TPSA) is 47.2 Å². The molecule has 0 saturated heterocycles. The average Bonchev–Trinajstić information content (AvgIpc) is 3.70. The van der Waals surface area contributed by atoms with Crippen LogP contribution in [0.2, 0.25) is 0 Å². The second-order valence-electron chi connectivity index (χ2n) is 12.4. The summed E-state index contributed by atoms with van der Waals surface area (Å²) in [6.07, 6.45) is 5.16.